The molecule has 2 atom stereocenters. The van der Waals surface area contributed by atoms with Crippen LogP contribution in [0.3, 0.4) is 0 Å². The summed E-state index contributed by atoms with van der Waals surface area (Å²) in [7, 11) is -4.29. The van der Waals surface area contributed by atoms with Crippen molar-refractivity contribution in [1.29, 1.82) is 0 Å². The largest absolute Gasteiger partial charge is 0.352 e. The van der Waals surface area contributed by atoms with Crippen LogP contribution in [0.5, 0.6) is 0 Å². The zero-order valence-corrected chi connectivity index (χ0v) is 25.0. The number of nitrogens with zero attached hydrogens (tertiary/aromatic N) is 3. The molecule has 0 saturated heterocycles. The molecule has 0 aliphatic heterocycles. The van der Waals surface area contributed by atoms with Crippen LogP contribution in [0.15, 0.2) is 77.7 Å². The minimum absolute atomic E-state index is 0.0407. The highest BCUT2D eigenvalue weighted by atomic mass is 35.5. The maximum absolute atomic E-state index is 13.9. The molecule has 0 spiro atoms. The molecule has 10 nitrogen and oxygen atoms in total. The van der Waals surface area contributed by atoms with E-state index >= 15 is 0 Å². The number of benzene rings is 3. The zero-order chi connectivity index (χ0) is 30.3. The molecule has 0 aliphatic rings. The van der Waals surface area contributed by atoms with Gasteiger partial charge in [-0.3, -0.25) is 24.0 Å². The number of carbonyl (C=O) groups excluding carboxylic acids is 2. The Balaban J connectivity index is 2.05. The molecule has 0 aliphatic carbocycles. The second-order valence-corrected chi connectivity index (χ2v) is 12.0. The molecule has 218 valence electrons. The fourth-order valence-corrected chi connectivity index (χ4v) is 5.63. The number of nitrogens with one attached hydrogen (secondary N) is 1. The lowest BCUT2D eigenvalue weighted by molar-refractivity contribution is -0.384. The van der Waals surface area contributed by atoms with Crippen molar-refractivity contribution in [3.05, 3.63) is 98.5 Å². The smallest absolute Gasteiger partial charge is 0.269 e. The van der Waals surface area contributed by atoms with Crippen LogP contribution in [0.25, 0.3) is 0 Å². The van der Waals surface area contributed by atoms with Crippen LogP contribution in [-0.4, -0.2) is 48.7 Å². The normalized spacial score (nSPS) is 12.7. The van der Waals surface area contributed by atoms with Crippen molar-refractivity contribution >= 4 is 56.4 Å². The Labute approximate surface area is 249 Å². The monoisotopic (exact) mass is 620 g/mol. The molecule has 3 aromatic carbocycles. The lowest BCUT2D eigenvalue weighted by atomic mass is 10.1. The number of hydrogen-bond donors (Lipinski definition) is 1. The van der Waals surface area contributed by atoms with Crippen LogP contribution in [0.1, 0.15) is 32.8 Å². The number of nitro groups is 1. The maximum atomic E-state index is 13.9. The number of non-ortho nitro benzene ring substituents is 1. The minimum atomic E-state index is -4.29. The van der Waals surface area contributed by atoms with Crippen LogP contribution in [0.2, 0.25) is 10.0 Å². The first-order chi connectivity index (χ1) is 19.3. The number of rotatable bonds is 12. The molecular formula is C28H30Cl2N4O6S. The third kappa shape index (κ3) is 7.96. The summed E-state index contributed by atoms with van der Waals surface area (Å²) in [6.45, 7) is 4.54. The zero-order valence-electron chi connectivity index (χ0n) is 22.7. The summed E-state index contributed by atoms with van der Waals surface area (Å²) in [5, 5.41) is 14.6. The molecule has 1 N–H and O–H groups in total. The molecule has 0 radical (unpaired) electrons. The first-order valence-electron chi connectivity index (χ1n) is 12.7. The van der Waals surface area contributed by atoms with Gasteiger partial charge in [0.05, 0.1) is 25.6 Å². The van der Waals surface area contributed by atoms with E-state index in [1.54, 1.807) is 43.3 Å². The third-order valence-electron chi connectivity index (χ3n) is 6.46. The van der Waals surface area contributed by atoms with Gasteiger partial charge in [0.25, 0.3) is 15.7 Å². The van der Waals surface area contributed by atoms with Crippen molar-refractivity contribution in [2.75, 3.05) is 10.8 Å². The van der Waals surface area contributed by atoms with Crippen LogP contribution >= 0.6 is 23.2 Å². The fourth-order valence-electron chi connectivity index (χ4n) is 3.87. The Morgan fingerprint density at radius 2 is 1.61 bits per heavy atom. The molecule has 0 aromatic heterocycles. The van der Waals surface area contributed by atoms with Crippen molar-refractivity contribution in [3.63, 3.8) is 0 Å². The third-order valence-corrected chi connectivity index (χ3v) is 8.99. The van der Waals surface area contributed by atoms with Gasteiger partial charge in [-0.2, -0.15) is 0 Å². The van der Waals surface area contributed by atoms with E-state index in [1.165, 1.54) is 29.2 Å². The van der Waals surface area contributed by atoms with Crippen LogP contribution in [-0.2, 0) is 26.2 Å². The molecule has 0 heterocycles. The minimum Gasteiger partial charge on any atom is -0.352 e. The fraction of sp³-hybridized carbons (Fsp3) is 0.286. The van der Waals surface area contributed by atoms with Gasteiger partial charge in [-0.05, 0) is 62.2 Å². The molecule has 0 bridgehead atoms. The van der Waals surface area contributed by atoms with E-state index in [0.29, 0.717) is 17.0 Å². The van der Waals surface area contributed by atoms with Crippen molar-refractivity contribution < 1.29 is 22.9 Å². The topological polar surface area (TPSA) is 130 Å². The second kappa shape index (κ2) is 13.8. The number of carbonyl (C=O) groups is 2. The Hall–Kier alpha value is -3.67. The van der Waals surface area contributed by atoms with Gasteiger partial charge in [0.2, 0.25) is 11.8 Å². The van der Waals surface area contributed by atoms with Crippen molar-refractivity contribution in [2.45, 2.75) is 50.7 Å². The van der Waals surface area contributed by atoms with E-state index in [2.05, 4.69) is 5.32 Å². The first kappa shape index (κ1) is 31.9. The lowest BCUT2D eigenvalue weighted by Crippen LogP contribution is -2.52. The summed E-state index contributed by atoms with van der Waals surface area (Å²) in [5.41, 5.74) is 0.372. The molecule has 2 amide bonds. The average Bonchev–Trinajstić information content (AvgIpc) is 2.96. The van der Waals surface area contributed by atoms with Gasteiger partial charge in [0.1, 0.15) is 12.6 Å². The number of hydrogen-bond acceptors (Lipinski definition) is 6. The van der Waals surface area contributed by atoms with E-state index in [-0.39, 0.29) is 33.9 Å². The molecule has 0 unspecified atom stereocenters. The summed E-state index contributed by atoms with van der Waals surface area (Å²) in [4.78, 5) is 38.8. The molecule has 13 heteroatoms. The number of halogens is 2. The molecule has 41 heavy (non-hydrogen) atoms. The molecule has 0 saturated carbocycles. The van der Waals surface area contributed by atoms with Gasteiger partial charge in [-0.1, -0.05) is 54.4 Å². The van der Waals surface area contributed by atoms with E-state index < -0.39 is 39.3 Å². The number of sulfonamides is 1. The highest BCUT2D eigenvalue weighted by Gasteiger charge is 2.33. The molecule has 0 fully saturated rings. The average molecular weight is 622 g/mol. The Kier molecular flexibility index (Phi) is 10.7. The summed E-state index contributed by atoms with van der Waals surface area (Å²) < 4.78 is 28.4. The number of anilines is 1. The Morgan fingerprint density at radius 1 is 0.976 bits per heavy atom. The van der Waals surface area contributed by atoms with E-state index in [4.69, 9.17) is 23.2 Å². The summed E-state index contributed by atoms with van der Waals surface area (Å²) in [5.74, 6) is -1.10. The predicted octanol–water partition coefficient (Wildman–Crippen LogP) is 5.43. The SMILES string of the molecule is CC[C@H](C)NC(=O)[C@@H](C)N(Cc1ccc(Cl)c(Cl)c1)C(=O)CN(c1ccc([N+](=O)[O-])cc1)S(=O)(=O)c1ccccc1. The lowest BCUT2D eigenvalue weighted by Gasteiger charge is -2.32. The second-order valence-electron chi connectivity index (χ2n) is 9.36. The highest BCUT2D eigenvalue weighted by Crippen LogP contribution is 2.27. The highest BCUT2D eigenvalue weighted by molar-refractivity contribution is 7.92. The van der Waals surface area contributed by atoms with Crippen LogP contribution in [0.4, 0.5) is 11.4 Å². The van der Waals surface area contributed by atoms with Gasteiger partial charge in [-0.15, -0.1) is 0 Å². The Morgan fingerprint density at radius 3 is 2.17 bits per heavy atom. The van der Waals surface area contributed by atoms with Crippen LogP contribution in [0, 0.1) is 10.1 Å². The quantitative estimate of drug-likeness (QED) is 0.212. The number of amides is 2. The summed E-state index contributed by atoms with van der Waals surface area (Å²) >= 11 is 12.2. The first-order valence-corrected chi connectivity index (χ1v) is 14.9. The molecular weight excluding hydrogens is 591 g/mol. The van der Waals surface area contributed by atoms with E-state index in [0.717, 1.165) is 16.4 Å². The van der Waals surface area contributed by atoms with Crippen molar-refractivity contribution in [2.24, 2.45) is 0 Å². The van der Waals surface area contributed by atoms with Gasteiger partial charge < -0.3 is 10.2 Å². The van der Waals surface area contributed by atoms with Crippen molar-refractivity contribution in [3.8, 4) is 0 Å². The maximum Gasteiger partial charge on any atom is 0.269 e. The standard InChI is InChI=1S/C28H30Cl2N4O6S/c1-4-19(2)31-28(36)20(3)32(17-21-10-15-25(29)26(30)16-21)27(35)18-33(22-11-13-23(14-12-22)34(37)38)41(39,40)24-8-6-5-7-9-24/h5-16,19-20H,4,17-18H2,1-3H3,(H,31,36)/t19-,20+/m0/s1. The summed E-state index contributed by atoms with van der Waals surface area (Å²) in [6.07, 6.45) is 0.669. The van der Waals surface area contributed by atoms with Gasteiger partial charge in [0.15, 0.2) is 0 Å². The van der Waals surface area contributed by atoms with Gasteiger partial charge in [-0.25, -0.2) is 8.42 Å². The number of nitro benzene ring substituents is 1. The van der Waals surface area contributed by atoms with Gasteiger partial charge >= 0.3 is 0 Å². The predicted molar refractivity (Wildman–Crippen MR) is 158 cm³/mol. The molecule has 3 rings (SSSR count). The summed E-state index contributed by atoms with van der Waals surface area (Å²) in [6, 6.07) is 16.0. The van der Waals surface area contributed by atoms with E-state index in [9.17, 15) is 28.1 Å². The van der Waals surface area contributed by atoms with E-state index in [1.807, 2.05) is 13.8 Å². The van der Waals surface area contributed by atoms with Crippen molar-refractivity contribution in [1.82, 2.24) is 10.2 Å². The Bertz CT molecular complexity index is 1500. The van der Waals surface area contributed by atoms with Gasteiger partial charge in [0, 0.05) is 24.7 Å². The van der Waals surface area contributed by atoms with Crippen LogP contribution < -0.4 is 9.62 Å². The molecule has 3 aromatic rings.